The summed E-state index contributed by atoms with van der Waals surface area (Å²) in [6.07, 6.45) is 3.30. The van der Waals surface area contributed by atoms with E-state index in [0.717, 1.165) is 38.2 Å². The molecule has 3 heteroatoms. The van der Waals surface area contributed by atoms with E-state index in [1.165, 1.54) is 28.1 Å². The molecule has 4 rings (SSSR count). The lowest BCUT2D eigenvalue weighted by Gasteiger charge is -2.14. The summed E-state index contributed by atoms with van der Waals surface area (Å²) in [7, 11) is 0. The molecule has 1 unspecified atom stereocenters. The van der Waals surface area contributed by atoms with Crippen molar-refractivity contribution in [3.63, 3.8) is 0 Å². The summed E-state index contributed by atoms with van der Waals surface area (Å²) in [5.41, 5.74) is 6.69. The fourth-order valence-electron chi connectivity index (χ4n) is 3.53. The van der Waals surface area contributed by atoms with Crippen molar-refractivity contribution in [2.45, 2.75) is 45.2 Å². The van der Waals surface area contributed by atoms with Crippen molar-refractivity contribution in [2.75, 3.05) is 0 Å². The standard InChI is InChI=1S/C17H19N3/c1-2-15-14-9-18-10-16(14)20-17(19-15)13-8-7-11-5-3-4-6-12(11)13/h3-6,13,18H,2,7-10H2,1H3. The minimum atomic E-state index is 0.391. The summed E-state index contributed by atoms with van der Waals surface area (Å²) >= 11 is 0. The minimum absolute atomic E-state index is 0.391. The molecule has 0 amide bonds. The van der Waals surface area contributed by atoms with E-state index in [4.69, 9.17) is 9.97 Å². The van der Waals surface area contributed by atoms with E-state index in [-0.39, 0.29) is 0 Å². The molecule has 1 aliphatic heterocycles. The smallest absolute Gasteiger partial charge is 0.136 e. The molecule has 0 fully saturated rings. The minimum Gasteiger partial charge on any atom is -0.307 e. The van der Waals surface area contributed by atoms with Crippen molar-refractivity contribution in [1.82, 2.24) is 15.3 Å². The van der Waals surface area contributed by atoms with Crippen LogP contribution in [0.4, 0.5) is 0 Å². The second kappa shape index (κ2) is 4.67. The van der Waals surface area contributed by atoms with E-state index in [9.17, 15) is 0 Å². The Morgan fingerprint density at radius 1 is 1.20 bits per heavy atom. The molecule has 2 heterocycles. The van der Waals surface area contributed by atoms with E-state index >= 15 is 0 Å². The van der Waals surface area contributed by atoms with Crippen LogP contribution in [-0.4, -0.2) is 9.97 Å². The molecule has 102 valence electrons. The number of nitrogens with one attached hydrogen (secondary N) is 1. The van der Waals surface area contributed by atoms with Crippen molar-refractivity contribution in [2.24, 2.45) is 0 Å². The van der Waals surface area contributed by atoms with Crippen LogP contribution in [0.15, 0.2) is 24.3 Å². The Bertz CT molecular complexity index is 663. The van der Waals surface area contributed by atoms with Crippen molar-refractivity contribution in [3.8, 4) is 0 Å². The Morgan fingerprint density at radius 2 is 2.10 bits per heavy atom. The highest BCUT2D eigenvalue weighted by Crippen LogP contribution is 2.37. The Balaban J connectivity index is 1.81. The first-order valence-corrected chi connectivity index (χ1v) is 7.54. The van der Waals surface area contributed by atoms with Gasteiger partial charge in [0.15, 0.2) is 0 Å². The zero-order valence-electron chi connectivity index (χ0n) is 11.8. The molecule has 2 aromatic rings. The van der Waals surface area contributed by atoms with Gasteiger partial charge in [-0.2, -0.15) is 0 Å². The number of aromatic nitrogens is 2. The van der Waals surface area contributed by atoms with Gasteiger partial charge < -0.3 is 5.32 Å². The number of aryl methyl sites for hydroxylation is 2. The molecule has 1 aliphatic carbocycles. The Hall–Kier alpha value is -1.74. The second-order valence-electron chi connectivity index (χ2n) is 5.70. The number of hydrogen-bond acceptors (Lipinski definition) is 3. The van der Waals surface area contributed by atoms with E-state index in [2.05, 4.69) is 36.5 Å². The summed E-state index contributed by atoms with van der Waals surface area (Å²) in [6.45, 7) is 4.01. The highest BCUT2D eigenvalue weighted by molar-refractivity contribution is 5.40. The third-order valence-corrected chi connectivity index (χ3v) is 4.57. The van der Waals surface area contributed by atoms with Crippen LogP contribution < -0.4 is 5.32 Å². The first-order valence-electron chi connectivity index (χ1n) is 7.54. The van der Waals surface area contributed by atoms with Crippen LogP contribution in [0, 0.1) is 0 Å². The Morgan fingerprint density at radius 3 is 3.00 bits per heavy atom. The molecule has 0 radical (unpaired) electrons. The van der Waals surface area contributed by atoms with Gasteiger partial charge in [-0.25, -0.2) is 9.97 Å². The van der Waals surface area contributed by atoms with Gasteiger partial charge in [-0.3, -0.25) is 0 Å². The van der Waals surface area contributed by atoms with Crippen LogP contribution in [-0.2, 0) is 25.9 Å². The normalized spacial score (nSPS) is 19.9. The third kappa shape index (κ3) is 1.77. The Kier molecular flexibility index (Phi) is 2.81. The van der Waals surface area contributed by atoms with Crippen molar-refractivity contribution >= 4 is 0 Å². The number of rotatable bonds is 2. The molecule has 3 nitrogen and oxygen atoms in total. The zero-order chi connectivity index (χ0) is 13.5. The van der Waals surface area contributed by atoms with Gasteiger partial charge in [0.25, 0.3) is 0 Å². The topological polar surface area (TPSA) is 37.8 Å². The van der Waals surface area contributed by atoms with Gasteiger partial charge in [0, 0.05) is 30.3 Å². The quantitative estimate of drug-likeness (QED) is 0.907. The van der Waals surface area contributed by atoms with Gasteiger partial charge in [0.1, 0.15) is 5.82 Å². The van der Waals surface area contributed by atoms with Gasteiger partial charge in [-0.1, -0.05) is 31.2 Å². The number of fused-ring (bicyclic) bond motifs is 2. The highest BCUT2D eigenvalue weighted by atomic mass is 15.0. The second-order valence-corrected chi connectivity index (χ2v) is 5.70. The highest BCUT2D eigenvalue weighted by Gasteiger charge is 2.28. The summed E-state index contributed by atoms with van der Waals surface area (Å²) in [5.74, 6) is 1.43. The van der Waals surface area contributed by atoms with Gasteiger partial charge in [-0.05, 0) is 30.4 Å². The van der Waals surface area contributed by atoms with Gasteiger partial charge in [-0.15, -0.1) is 0 Å². The van der Waals surface area contributed by atoms with Crippen LogP contribution in [0.1, 0.15) is 53.2 Å². The fourth-order valence-corrected chi connectivity index (χ4v) is 3.53. The monoisotopic (exact) mass is 265 g/mol. The molecule has 1 atom stereocenters. The third-order valence-electron chi connectivity index (χ3n) is 4.57. The Labute approximate surface area is 119 Å². The van der Waals surface area contributed by atoms with E-state index in [1.54, 1.807) is 0 Å². The van der Waals surface area contributed by atoms with Crippen LogP contribution in [0.5, 0.6) is 0 Å². The molecule has 1 aromatic heterocycles. The molecule has 0 bridgehead atoms. The molecular formula is C17H19N3. The SMILES string of the molecule is CCc1nc(C2CCc3ccccc32)nc2c1CNC2. The van der Waals surface area contributed by atoms with Crippen molar-refractivity contribution in [3.05, 3.63) is 58.2 Å². The van der Waals surface area contributed by atoms with Crippen molar-refractivity contribution < 1.29 is 0 Å². The maximum absolute atomic E-state index is 4.89. The molecule has 1 N–H and O–H groups in total. The average molecular weight is 265 g/mol. The molecule has 20 heavy (non-hydrogen) atoms. The van der Waals surface area contributed by atoms with E-state index < -0.39 is 0 Å². The number of nitrogens with zero attached hydrogens (tertiary/aromatic N) is 2. The molecule has 0 saturated heterocycles. The van der Waals surface area contributed by atoms with Gasteiger partial charge in [0.2, 0.25) is 0 Å². The van der Waals surface area contributed by atoms with E-state index in [0.29, 0.717) is 5.92 Å². The van der Waals surface area contributed by atoms with Gasteiger partial charge in [0.05, 0.1) is 5.69 Å². The lowest BCUT2D eigenvalue weighted by atomic mass is 9.99. The maximum Gasteiger partial charge on any atom is 0.136 e. The lowest BCUT2D eigenvalue weighted by Crippen LogP contribution is -2.09. The van der Waals surface area contributed by atoms with Crippen LogP contribution in [0.25, 0.3) is 0 Å². The molecule has 1 aromatic carbocycles. The number of hydrogen-bond donors (Lipinski definition) is 1. The molecule has 0 saturated carbocycles. The largest absolute Gasteiger partial charge is 0.307 e. The zero-order valence-corrected chi connectivity index (χ0v) is 11.8. The van der Waals surface area contributed by atoms with Crippen molar-refractivity contribution in [1.29, 1.82) is 0 Å². The summed E-state index contributed by atoms with van der Waals surface area (Å²) in [4.78, 5) is 9.76. The first kappa shape index (κ1) is 12.0. The molecule has 2 aliphatic rings. The maximum atomic E-state index is 4.89. The van der Waals surface area contributed by atoms with Gasteiger partial charge >= 0.3 is 0 Å². The lowest BCUT2D eigenvalue weighted by molar-refractivity contribution is 0.707. The predicted molar refractivity (Wildman–Crippen MR) is 78.6 cm³/mol. The summed E-state index contributed by atoms with van der Waals surface area (Å²) in [6, 6.07) is 8.75. The van der Waals surface area contributed by atoms with E-state index in [1.807, 2.05) is 0 Å². The van der Waals surface area contributed by atoms with Crippen LogP contribution in [0.2, 0.25) is 0 Å². The average Bonchev–Trinajstić information content (AvgIpc) is 3.12. The fraction of sp³-hybridized carbons (Fsp3) is 0.412. The number of benzene rings is 1. The predicted octanol–water partition coefficient (Wildman–Crippen LogP) is 2.72. The van der Waals surface area contributed by atoms with Crippen LogP contribution in [0.3, 0.4) is 0 Å². The molecule has 0 spiro atoms. The first-order chi connectivity index (χ1) is 9.86. The van der Waals surface area contributed by atoms with Crippen LogP contribution >= 0.6 is 0 Å². The summed E-state index contributed by atoms with van der Waals surface area (Å²) in [5, 5.41) is 3.40. The molecular weight excluding hydrogens is 246 g/mol. The summed E-state index contributed by atoms with van der Waals surface area (Å²) < 4.78 is 0.